The van der Waals surface area contributed by atoms with Crippen molar-refractivity contribution in [1.82, 2.24) is 14.7 Å². The predicted molar refractivity (Wildman–Crippen MR) is 125 cm³/mol. The van der Waals surface area contributed by atoms with E-state index in [1.54, 1.807) is 6.07 Å². The molecule has 168 valence electrons. The van der Waals surface area contributed by atoms with Crippen LogP contribution in [0.2, 0.25) is 5.02 Å². The first-order valence-electron chi connectivity index (χ1n) is 11.1. The van der Waals surface area contributed by atoms with Crippen LogP contribution in [0, 0.1) is 0 Å². The molecule has 1 fully saturated rings. The average Bonchev–Trinajstić information content (AvgIpc) is 3.06. The summed E-state index contributed by atoms with van der Waals surface area (Å²) in [5.41, 5.74) is 2.41. The largest absolute Gasteiger partial charge is 0.494 e. The first kappa shape index (κ1) is 22.4. The molecule has 0 radical (unpaired) electrons. The van der Waals surface area contributed by atoms with Crippen LogP contribution in [0.3, 0.4) is 0 Å². The predicted octanol–water partition coefficient (Wildman–Crippen LogP) is 3.66. The molecule has 0 bridgehead atoms. The van der Waals surface area contributed by atoms with Gasteiger partial charge < -0.3 is 14.5 Å². The number of imide groups is 1. The molecule has 32 heavy (non-hydrogen) atoms. The highest BCUT2D eigenvalue weighted by Crippen LogP contribution is 2.34. The van der Waals surface area contributed by atoms with Gasteiger partial charge in [0, 0.05) is 31.2 Å². The molecule has 6 nitrogen and oxygen atoms in total. The first-order valence-corrected chi connectivity index (χ1v) is 11.5. The fourth-order valence-electron chi connectivity index (χ4n) is 4.23. The number of rotatable bonds is 7. The van der Waals surface area contributed by atoms with Crippen LogP contribution in [0.25, 0.3) is 5.57 Å². The highest BCUT2D eigenvalue weighted by molar-refractivity contribution is 6.35. The zero-order valence-corrected chi connectivity index (χ0v) is 19.3. The summed E-state index contributed by atoms with van der Waals surface area (Å²) >= 11 is 6.32. The number of carbonyl (C=O) groups is 2. The Balaban J connectivity index is 1.69. The van der Waals surface area contributed by atoms with Gasteiger partial charge in [-0.25, -0.2) is 0 Å². The summed E-state index contributed by atoms with van der Waals surface area (Å²) in [6, 6.07) is 14.7. The van der Waals surface area contributed by atoms with Crippen molar-refractivity contribution < 1.29 is 14.3 Å². The van der Waals surface area contributed by atoms with Crippen LogP contribution in [0.15, 0.2) is 54.2 Å². The van der Waals surface area contributed by atoms with Crippen LogP contribution in [-0.4, -0.2) is 65.8 Å². The number of likely N-dealkylation sites (N-methyl/N-ethyl adjacent to an activating group) is 1. The molecule has 4 rings (SSSR count). The number of halogens is 1. The lowest BCUT2D eigenvalue weighted by atomic mass is 10.0. The molecule has 2 amide bonds. The van der Waals surface area contributed by atoms with E-state index in [9.17, 15) is 9.59 Å². The number of piperazine rings is 1. The van der Waals surface area contributed by atoms with Crippen molar-refractivity contribution in [3.8, 4) is 5.75 Å². The van der Waals surface area contributed by atoms with Crippen molar-refractivity contribution in [2.24, 2.45) is 0 Å². The summed E-state index contributed by atoms with van der Waals surface area (Å²) in [6.07, 6.45) is 0. The first-order chi connectivity index (χ1) is 15.5. The molecule has 2 aliphatic rings. The Morgan fingerprint density at radius 3 is 2.22 bits per heavy atom. The summed E-state index contributed by atoms with van der Waals surface area (Å²) in [5.74, 6) is 0.190. The van der Waals surface area contributed by atoms with E-state index in [2.05, 4.69) is 16.7 Å². The summed E-state index contributed by atoms with van der Waals surface area (Å²) in [5, 5.41) is 0.542. The van der Waals surface area contributed by atoms with Gasteiger partial charge in [-0.15, -0.1) is 0 Å². The summed E-state index contributed by atoms with van der Waals surface area (Å²) in [7, 11) is 0. The van der Waals surface area contributed by atoms with Crippen molar-refractivity contribution in [2.75, 3.05) is 39.3 Å². The Morgan fingerprint density at radius 1 is 0.906 bits per heavy atom. The van der Waals surface area contributed by atoms with E-state index in [0.29, 0.717) is 36.0 Å². The topological polar surface area (TPSA) is 53.1 Å². The molecule has 2 aromatic carbocycles. The molecule has 2 aromatic rings. The number of hydrogen-bond acceptors (Lipinski definition) is 5. The van der Waals surface area contributed by atoms with Crippen molar-refractivity contribution in [3.05, 3.63) is 70.4 Å². The number of ether oxygens (including phenoxy) is 1. The van der Waals surface area contributed by atoms with Crippen LogP contribution < -0.4 is 4.74 Å². The third-order valence-electron chi connectivity index (χ3n) is 6.02. The SMILES string of the molecule is CCOc1ccc(C2=C(N3CCN(CC)CC3)C(=O)N(Cc3ccccc3Cl)C2=O)cc1. The van der Waals surface area contributed by atoms with Crippen molar-refractivity contribution >= 4 is 29.0 Å². The van der Waals surface area contributed by atoms with Gasteiger partial charge in [0.05, 0.1) is 18.7 Å². The number of nitrogens with zero attached hydrogens (tertiary/aromatic N) is 3. The number of amides is 2. The highest BCUT2D eigenvalue weighted by atomic mass is 35.5. The lowest BCUT2D eigenvalue weighted by Crippen LogP contribution is -2.47. The third kappa shape index (κ3) is 4.38. The Bertz CT molecular complexity index is 1030. The lowest BCUT2D eigenvalue weighted by Gasteiger charge is -2.36. The van der Waals surface area contributed by atoms with Gasteiger partial charge in [0.25, 0.3) is 11.8 Å². The van der Waals surface area contributed by atoms with Gasteiger partial charge in [0.1, 0.15) is 11.4 Å². The molecule has 7 heteroatoms. The van der Waals surface area contributed by atoms with Gasteiger partial charge in [0.2, 0.25) is 0 Å². The summed E-state index contributed by atoms with van der Waals surface area (Å²) < 4.78 is 5.54. The van der Waals surface area contributed by atoms with Crippen LogP contribution >= 0.6 is 11.6 Å². The van der Waals surface area contributed by atoms with Crippen LogP contribution in [0.5, 0.6) is 5.75 Å². The molecule has 0 aliphatic carbocycles. The van der Waals surface area contributed by atoms with Crippen LogP contribution in [-0.2, 0) is 16.1 Å². The molecule has 0 spiro atoms. The molecule has 0 saturated carbocycles. The Labute approximate surface area is 194 Å². The molecular formula is C25H28ClN3O3. The average molecular weight is 454 g/mol. The zero-order valence-electron chi connectivity index (χ0n) is 18.5. The fraction of sp³-hybridized carbons (Fsp3) is 0.360. The number of hydrogen-bond donors (Lipinski definition) is 0. The molecule has 0 atom stereocenters. The third-order valence-corrected chi connectivity index (χ3v) is 6.39. The Hall–Kier alpha value is -2.83. The number of carbonyl (C=O) groups excluding carboxylic acids is 2. The Morgan fingerprint density at radius 2 is 1.59 bits per heavy atom. The maximum absolute atomic E-state index is 13.6. The number of benzene rings is 2. The maximum atomic E-state index is 13.6. The summed E-state index contributed by atoms with van der Waals surface area (Å²) in [4.78, 5) is 32.8. The van der Waals surface area contributed by atoms with Gasteiger partial charge in [-0.2, -0.15) is 0 Å². The highest BCUT2D eigenvalue weighted by Gasteiger charge is 2.42. The lowest BCUT2D eigenvalue weighted by molar-refractivity contribution is -0.138. The van der Waals surface area contributed by atoms with E-state index >= 15 is 0 Å². The van der Waals surface area contributed by atoms with E-state index in [-0.39, 0.29) is 18.4 Å². The van der Waals surface area contributed by atoms with Gasteiger partial charge >= 0.3 is 0 Å². The van der Waals surface area contributed by atoms with E-state index < -0.39 is 0 Å². The summed E-state index contributed by atoms with van der Waals surface area (Å²) in [6.45, 7) is 8.90. The smallest absolute Gasteiger partial charge is 0.278 e. The minimum absolute atomic E-state index is 0.149. The van der Waals surface area contributed by atoms with E-state index in [1.165, 1.54) is 4.90 Å². The molecule has 2 aliphatic heterocycles. The van der Waals surface area contributed by atoms with Gasteiger partial charge in [-0.1, -0.05) is 48.9 Å². The van der Waals surface area contributed by atoms with Crippen LogP contribution in [0.1, 0.15) is 25.0 Å². The van der Waals surface area contributed by atoms with Crippen molar-refractivity contribution in [3.63, 3.8) is 0 Å². The molecule has 0 N–H and O–H groups in total. The fourth-order valence-corrected chi connectivity index (χ4v) is 4.43. The molecule has 2 heterocycles. The second-order valence-corrected chi connectivity index (χ2v) is 8.30. The van der Waals surface area contributed by atoms with Crippen molar-refractivity contribution in [1.29, 1.82) is 0 Å². The molecular weight excluding hydrogens is 426 g/mol. The van der Waals surface area contributed by atoms with Gasteiger partial charge in [-0.3, -0.25) is 14.5 Å². The minimum atomic E-state index is -0.285. The second kappa shape index (κ2) is 9.76. The normalized spacial score (nSPS) is 17.5. The Kier molecular flexibility index (Phi) is 6.82. The maximum Gasteiger partial charge on any atom is 0.278 e. The molecule has 0 aromatic heterocycles. The van der Waals surface area contributed by atoms with Crippen molar-refractivity contribution in [2.45, 2.75) is 20.4 Å². The second-order valence-electron chi connectivity index (χ2n) is 7.89. The van der Waals surface area contributed by atoms with Gasteiger partial charge in [-0.05, 0) is 42.8 Å². The van der Waals surface area contributed by atoms with Gasteiger partial charge in [0.15, 0.2) is 0 Å². The van der Waals surface area contributed by atoms with E-state index in [4.69, 9.17) is 16.3 Å². The monoisotopic (exact) mass is 453 g/mol. The van der Waals surface area contributed by atoms with Crippen LogP contribution in [0.4, 0.5) is 0 Å². The van der Waals surface area contributed by atoms with E-state index in [1.807, 2.05) is 49.4 Å². The molecule has 1 saturated heterocycles. The molecule has 0 unspecified atom stereocenters. The standard InChI is InChI=1S/C25H28ClN3O3/c1-3-27-13-15-28(16-14-27)23-22(18-9-11-20(12-10-18)32-4-2)24(30)29(25(23)31)17-19-7-5-6-8-21(19)26/h5-12H,3-4,13-17H2,1-2H3. The zero-order chi connectivity index (χ0) is 22.7. The quantitative estimate of drug-likeness (QED) is 0.599. The minimum Gasteiger partial charge on any atom is -0.494 e. The van der Waals surface area contributed by atoms with E-state index in [0.717, 1.165) is 36.5 Å².